The van der Waals surface area contributed by atoms with E-state index < -0.39 is 0 Å². The second kappa shape index (κ2) is 18.7. The zero-order valence-corrected chi connectivity index (χ0v) is 30.9. The minimum atomic E-state index is 0. The molecule has 0 amide bonds. The molecule has 0 fully saturated rings. The summed E-state index contributed by atoms with van der Waals surface area (Å²) in [5.74, 6) is 0. The molecule has 0 aliphatic heterocycles. The normalized spacial score (nSPS) is 9.83. The molecule has 4 heteroatoms. The summed E-state index contributed by atoms with van der Waals surface area (Å²) in [7, 11) is 0. The number of benzene rings is 6. The fourth-order valence-electron chi connectivity index (χ4n) is 5.95. The topological polar surface area (TPSA) is 0 Å². The summed E-state index contributed by atoms with van der Waals surface area (Å²) in [6, 6.07) is 67.9. The van der Waals surface area contributed by atoms with Crippen LogP contribution >= 0.6 is 0 Å². The third-order valence-corrected chi connectivity index (χ3v) is 8.14. The van der Waals surface area contributed by atoms with Crippen LogP contribution in [0.3, 0.4) is 0 Å². The van der Waals surface area contributed by atoms with E-state index in [1.54, 1.807) is 0 Å². The van der Waals surface area contributed by atoms with Gasteiger partial charge in [-0.3, -0.25) is 0 Å². The summed E-state index contributed by atoms with van der Waals surface area (Å²) < 4.78 is 0. The molecule has 0 unspecified atom stereocenters. The minimum absolute atomic E-state index is 0. The molecule has 0 radical (unpaired) electrons. The van der Waals surface area contributed by atoms with Crippen LogP contribution in [-0.4, -0.2) is 0 Å². The summed E-state index contributed by atoms with van der Waals surface area (Å²) >= 11 is 0. The molecule has 48 heavy (non-hydrogen) atoms. The Morgan fingerprint density at radius 2 is 0.521 bits per heavy atom. The molecule has 0 saturated heterocycles. The predicted molar refractivity (Wildman–Crippen MR) is 193 cm³/mol. The molecule has 0 bridgehead atoms. The molecule has 0 aliphatic carbocycles. The van der Waals surface area contributed by atoms with E-state index in [0.717, 1.165) is 0 Å². The average Bonchev–Trinajstić information content (AvgIpc) is 3.90. The molecule has 0 nitrogen and oxygen atoms in total. The predicted octanol–water partition coefficient (Wildman–Crippen LogP) is 6.54. The standard InChI is InChI=1S/2C13H9.2C9H7.2ClH.2Ti/c2*1-3-7-12-10(5-1)9-11-6-2-4-8-13(11)12;2*1-2-5-9-7-3-6-8(9)4-1;;;;/h2*1-9H;2*1-7H;2*1H;;/q4*-1;;;2*+2/p-2. The third-order valence-electron chi connectivity index (χ3n) is 8.14. The van der Waals surface area contributed by atoms with Crippen molar-refractivity contribution in [3.63, 3.8) is 0 Å². The molecule has 10 aromatic rings. The van der Waals surface area contributed by atoms with Crippen LogP contribution in [0, 0.1) is 0 Å². The van der Waals surface area contributed by atoms with E-state index in [2.05, 4.69) is 194 Å². The van der Waals surface area contributed by atoms with Crippen LogP contribution < -0.4 is 24.8 Å². The van der Waals surface area contributed by atoms with Crippen molar-refractivity contribution >= 4 is 64.6 Å². The molecule has 10 aromatic carbocycles. The van der Waals surface area contributed by atoms with Crippen LogP contribution in [0.15, 0.2) is 194 Å². The molecular weight excluding hydrogens is 695 g/mol. The average molecular weight is 727 g/mol. The maximum absolute atomic E-state index is 2.24. The van der Waals surface area contributed by atoms with Gasteiger partial charge in [-0.25, -0.2) is 0 Å². The summed E-state index contributed by atoms with van der Waals surface area (Å²) in [4.78, 5) is 0. The van der Waals surface area contributed by atoms with Gasteiger partial charge in [0.2, 0.25) is 0 Å². The van der Waals surface area contributed by atoms with Gasteiger partial charge in [0.1, 0.15) is 0 Å². The molecule has 0 spiro atoms. The van der Waals surface area contributed by atoms with Gasteiger partial charge in [0.05, 0.1) is 0 Å². The SMILES string of the molecule is [Cl-].[Cl-].[Ti+2].[Ti+2].c1ccc2[cH-]ccc2c1.c1ccc2[cH-]ccc2c1.c1ccc2c(c1)[cH-]c1ccccc12.c1ccc2c(c1)[cH-]c1ccccc12. The number of hydrogen-bond donors (Lipinski definition) is 0. The minimum Gasteiger partial charge on any atom is -1.00 e. The maximum Gasteiger partial charge on any atom is 2.00 e. The van der Waals surface area contributed by atoms with Crippen molar-refractivity contribution in [1.82, 2.24) is 0 Å². The van der Waals surface area contributed by atoms with E-state index in [-0.39, 0.29) is 68.2 Å². The van der Waals surface area contributed by atoms with Crippen LogP contribution in [0.2, 0.25) is 0 Å². The summed E-state index contributed by atoms with van der Waals surface area (Å²) in [6.45, 7) is 0. The van der Waals surface area contributed by atoms with Gasteiger partial charge >= 0.3 is 43.4 Å². The van der Waals surface area contributed by atoms with Crippen molar-refractivity contribution < 1.29 is 68.2 Å². The molecule has 0 atom stereocenters. The summed E-state index contributed by atoms with van der Waals surface area (Å²) in [5.41, 5.74) is 0. The van der Waals surface area contributed by atoms with E-state index in [9.17, 15) is 0 Å². The van der Waals surface area contributed by atoms with Crippen molar-refractivity contribution in [2.24, 2.45) is 0 Å². The first-order chi connectivity index (χ1) is 21.8. The molecule has 0 N–H and O–H groups in total. The van der Waals surface area contributed by atoms with Crippen LogP contribution in [0.5, 0.6) is 0 Å². The second-order valence-corrected chi connectivity index (χ2v) is 10.9. The van der Waals surface area contributed by atoms with E-state index in [4.69, 9.17) is 0 Å². The Morgan fingerprint density at radius 3 is 0.812 bits per heavy atom. The van der Waals surface area contributed by atoms with Gasteiger partial charge in [0.25, 0.3) is 0 Å². The first-order valence-corrected chi connectivity index (χ1v) is 15.1. The van der Waals surface area contributed by atoms with Crippen molar-refractivity contribution in [1.29, 1.82) is 0 Å². The van der Waals surface area contributed by atoms with Crippen LogP contribution in [0.25, 0.3) is 64.6 Å². The van der Waals surface area contributed by atoms with E-state index in [1.165, 1.54) is 64.6 Å². The fraction of sp³-hybridized carbons (Fsp3) is 0. The van der Waals surface area contributed by atoms with Gasteiger partial charge in [0.15, 0.2) is 0 Å². The Hall–Kier alpha value is -3.71. The fourth-order valence-corrected chi connectivity index (χ4v) is 5.95. The van der Waals surface area contributed by atoms with Crippen LogP contribution in [-0.2, 0) is 43.4 Å². The van der Waals surface area contributed by atoms with E-state index in [1.807, 2.05) is 0 Å². The Morgan fingerprint density at radius 1 is 0.271 bits per heavy atom. The van der Waals surface area contributed by atoms with Crippen LogP contribution in [0.1, 0.15) is 0 Å². The van der Waals surface area contributed by atoms with Crippen molar-refractivity contribution in [2.45, 2.75) is 0 Å². The molecular formula is C44H32Cl2Ti2-2. The van der Waals surface area contributed by atoms with Gasteiger partial charge in [0, 0.05) is 0 Å². The molecule has 10 rings (SSSR count). The first kappa shape index (κ1) is 38.7. The molecule has 0 saturated carbocycles. The smallest absolute Gasteiger partial charge is 1.00 e. The van der Waals surface area contributed by atoms with Gasteiger partial charge in [-0.1, -0.05) is 84.9 Å². The molecule has 0 heterocycles. The van der Waals surface area contributed by atoms with E-state index >= 15 is 0 Å². The van der Waals surface area contributed by atoms with Crippen molar-refractivity contribution in [3.8, 4) is 0 Å². The Kier molecular flexibility index (Phi) is 15.1. The summed E-state index contributed by atoms with van der Waals surface area (Å²) in [6.07, 6.45) is 0. The largest absolute Gasteiger partial charge is 2.00 e. The zero-order chi connectivity index (χ0) is 29.6. The Balaban J connectivity index is 0.000000171. The Bertz CT molecular complexity index is 2090. The van der Waals surface area contributed by atoms with Crippen LogP contribution in [0.4, 0.5) is 0 Å². The van der Waals surface area contributed by atoms with E-state index in [0.29, 0.717) is 0 Å². The van der Waals surface area contributed by atoms with Crippen molar-refractivity contribution in [3.05, 3.63) is 194 Å². The third kappa shape index (κ3) is 8.84. The van der Waals surface area contributed by atoms with Gasteiger partial charge in [-0.15, -0.1) is 139 Å². The molecule has 0 aromatic heterocycles. The number of rotatable bonds is 0. The maximum atomic E-state index is 2.24. The number of halogens is 2. The number of fused-ring (bicyclic) bond motifs is 8. The summed E-state index contributed by atoms with van der Waals surface area (Å²) in [5, 5.41) is 16.1. The zero-order valence-electron chi connectivity index (χ0n) is 26.2. The van der Waals surface area contributed by atoms with Gasteiger partial charge in [-0.05, 0) is 0 Å². The van der Waals surface area contributed by atoms with Gasteiger partial charge < -0.3 is 24.8 Å². The van der Waals surface area contributed by atoms with Gasteiger partial charge in [-0.2, -0.15) is 35.0 Å². The molecule has 232 valence electrons. The monoisotopic (exact) mass is 726 g/mol. The second-order valence-electron chi connectivity index (χ2n) is 10.9. The molecule has 0 aliphatic rings. The number of hydrogen-bond acceptors (Lipinski definition) is 0. The Labute approximate surface area is 324 Å². The first-order valence-electron chi connectivity index (χ1n) is 15.1. The van der Waals surface area contributed by atoms with Crippen molar-refractivity contribution in [2.75, 3.05) is 0 Å². The quantitative estimate of drug-likeness (QED) is 0.123.